The molecule has 0 spiro atoms. The van der Waals surface area contributed by atoms with E-state index in [2.05, 4.69) is 24.4 Å². The highest BCUT2D eigenvalue weighted by atomic mass is 35.5. The molecule has 0 aliphatic heterocycles. The predicted octanol–water partition coefficient (Wildman–Crippen LogP) is 7.99. The standard InChI is InChI=1S/C28H26Cl2N2O3S/c1-16(2)21-13-22(29)17(3)11-24(21)35-15-19-12-18(9-10-23(19)34-4)14-31-32-28(33)27-26(30)20-7-5-6-8-25(20)36-27/h5-14,16H,15H2,1-4H3,(H,32,33)/b31-14+. The number of carbonyl (C=O) groups is 1. The molecule has 4 rings (SSSR count). The third-order valence-electron chi connectivity index (χ3n) is 5.72. The van der Waals surface area contributed by atoms with Crippen LogP contribution in [0.5, 0.6) is 11.5 Å². The smallest absolute Gasteiger partial charge is 0.283 e. The van der Waals surface area contributed by atoms with Crippen molar-refractivity contribution in [2.45, 2.75) is 33.3 Å². The zero-order valence-electron chi connectivity index (χ0n) is 20.4. The van der Waals surface area contributed by atoms with Crippen molar-refractivity contribution in [3.05, 3.63) is 91.8 Å². The Morgan fingerprint density at radius 3 is 2.61 bits per heavy atom. The topological polar surface area (TPSA) is 59.9 Å². The maximum atomic E-state index is 12.6. The molecule has 0 bridgehead atoms. The van der Waals surface area contributed by atoms with Gasteiger partial charge in [-0.2, -0.15) is 5.10 Å². The van der Waals surface area contributed by atoms with Crippen molar-refractivity contribution in [2.24, 2.45) is 5.10 Å². The summed E-state index contributed by atoms with van der Waals surface area (Å²) in [6.45, 7) is 6.46. The van der Waals surface area contributed by atoms with E-state index >= 15 is 0 Å². The number of benzene rings is 3. The molecule has 1 amide bonds. The molecule has 3 aromatic carbocycles. The van der Waals surface area contributed by atoms with Crippen LogP contribution in [0.1, 0.15) is 51.7 Å². The lowest BCUT2D eigenvalue weighted by Crippen LogP contribution is -2.16. The number of fused-ring (bicyclic) bond motifs is 1. The SMILES string of the molecule is COc1ccc(/C=N/NC(=O)c2sc3ccccc3c2Cl)cc1COc1cc(C)c(Cl)cc1C(C)C. The van der Waals surface area contributed by atoms with Gasteiger partial charge in [-0.05, 0) is 65.9 Å². The maximum Gasteiger partial charge on any atom is 0.283 e. The Hall–Kier alpha value is -3.06. The number of carbonyl (C=O) groups excluding carboxylic acids is 1. The molecule has 0 fully saturated rings. The molecule has 8 heteroatoms. The van der Waals surface area contributed by atoms with E-state index in [1.165, 1.54) is 11.3 Å². The number of halogens is 2. The first-order chi connectivity index (χ1) is 17.3. The summed E-state index contributed by atoms with van der Waals surface area (Å²) in [5.41, 5.74) is 6.21. The summed E-state index contributed by atoms with van der Waals surface area (Å²) < 4.78 is 12.7. The second kappa shape index (κ2) is 11.3. The van der Waals surface area contributed by atoms with Crippen molar-refractivity contribution in [1.29, 1.82) is 0 Å². The maximum absolute atomic E-state index is 12.6. The number of nitrogens with one attached hydrogen (secondary N) is 1. The van der Waals surface area contributed by atoms with Gasteiger partial charge in [-0.1, -0.05) is 55.2 Å². The summed E-state index contributed by atoms with van der Waals surface area (Å²) in [6.07, 6.45) is 1.58. The normalized spacial score (nSPS) is 11.4. The van der Waals surface area contributed by atoms with Gasteiger partial charge in [-0.25, -0.2) is 5.43 Å². The first-order valence-electron chi connectivity index (χ1n) is 11.4. The van der Waals surface area contributed by atoms with Gasteiger partial charge in [0.2, 0.25) is 0 Å². The van der Waals surface area contributed by atoms with E-state index in [1.54, 1.807) is 13.3 Å². The molecule has 0 radical (unpaired) electrons. The molecule has 0 aliphatic rings. The van der Waals surface area contributed by atoms with Gasteiger partial charge in [-0.15, -0.1) is 11.3 Å². The van der Waals surface area contributed by atoms with Crippen molar-refractivity contribution in [1.82, 2.24) is 5.43 Å². The van der Waals surface area contributed by atoms with Crippen LogP contribution in [0.15, 0.2) is 59.7 Å². The fraction of sp³-hybridized carbons (Fsp3) is 0.214. The average Bonchev–Trinajstić information content (AvgIpc) is 3.21. The van der Waals surface area contributed by atoms with E-state index in [0.717, 1.165) is 43.1 Å². The van der Waals surface area contributed by atoms with Crippen LogP contribution >= 0.6 is 34.5 Å². The molecule has 0 atom stereocenters. The highest BCUT2D eigenvalue weighted by Gasteiger charge is 2.16. The Kier molecular flexibility index (Phi) is 8.19. The van der Waals surface area contributed by atoms with Crippen LogP contribution in [0.3, 0.4) is 0 Å². The van der Waals surface area contributed by atoms with Gasteiger partial charge >= 0.3 is 0 Å². The van der Waals surface area contributed by atoms with Crippen molar-refractivity contribution < 1.29 is 14.3 Å². The van der Waals surface area contributed by atoms with Gasteiger partial charge in [-0.3, -0.25) is 4.79 Å². The Balaban J connectivity index is 1.49. The largest absolute Gasteiger partial charge is 0.496 e. The van der Waals surface area contributed by atoms with Gasteiger partial charge in [0.25, 0.3) is 5.91 Å². The van der Waals surface area contributed by atoms with Gasteiger partial charge in [0.15, 0.2) is 0 Å². The lowest BCUT2D eigenvalue weighted by molar-refractivity contribution is 0.0959. The van der Waals surface area contributed by atoms with Gasteiger partial charge in [0, 0.05) is 20.7 Å². The number of hydrogen-bond acceptors (Lipinski definition) is 5. The van der Waals surface area contributed by atoms with Crippen molar-refractivity contribution in [3.8, 4) is 11.5 Å². The number of hydrazone groups is 1. The molecule has 0 aliphatic carbocycles. The molecule has 1 heterocycles. The quantitative estimate of drug-likeness (QED) is 0.182. The van der Waals surface area contributed by atoms with Crippen LogP contribution in [0.2, 0.25) is 10.0 Å². The number of methoxy groups -OCH3 is 1. The Bertz CT molecular complexity index is 1450. The highest BCUT2D eigenvalue weighted by molar-refractivity contribution is 7.21. The number of amides is 1. The van der Waals surface area contributed by atoms with Crippen LogP contribution in [-0.2, 0) is 6.61 Å². The lowest BCUT2D eigenvalue weighted by Gasteiger charge is -2.17. The molecule has 0 saturated carbocycles. The molecule has 1 aromatic heterocycles. The first-order valence-corrected chi connectivity index (χ1v) is 13.0. The van der Waals surface area contributed by atoms with E-state index in [9.17, 15) is 4.79 Å². The Morgan fingerprint density at radius 1 is 1.11 bits per heavy atom. The summed E-state index contributed by atoms with van der Waals surface area (Å²) in [4.78, 5) is 13.1. The molecule has 36 heavy (non-hydrogen) atoms. The Morgan fingerprint density at radius 2 is 1.89 bits per heavy atom. The van der Waals surface area contributed by atoms with Crippen LogP contribution in [0, 0.1) is 6.92 Å². The van der Waals surface area contributed by atoms with Crippen LogP contribution in [0.25, 0.3) is 10.1 Å². The molecule has 0 unspecified atom stereocenters. The predicted molar refractivity (Wildman–Crippen MR) is 149 cm³/mol. The number of aryl methyl sites for hydroxylation is 1. The molecule has 1 N–H and O–H groups in total. The Labute approximate surface area is 224 Å². The number of rotatable bonds is 8. The van der Waals surface area contributed by atoms with Crippen LogP contribution < -0.4 is 14.9 Å². The minimum Gasteiger partial charge on any atom is -0.496 e. The highest BCUT2D eigenvalue weighted by Crippen LogP contribution is 2.35. The minimum absolute atomic E-state index is 0.261. The second-order valence-electron chi connectivity index (χ2n) is 8.59. The minimum atomic E-state index is -0.353. The first kappa shape index (κ1) is 26.0. The van der Waals surface area contributed by atoms with Gasteiger partial charge < -0.3 is 9.47 Å². The number of ether oxygens (including phenoxy) is 2. The zero-order chi connectivity index (χ0) is 25.8. The number of hydrogen-bond donors (Lipinski definition) is 1. The summed E-state index contributed by atoms with van der Waals surface area (Å²) in [5, 5.41) is 6.14. The molecule has 5 nitrogen and oxygen atoms in total. The molecular formula is C28H26Cl2N2O3S. The number of thiophene rings is 1. The van der Waals surface area contributed by atoms with E-state index in [1.807, 2.05) is 61.5 Å². The third kappa shape index (κ3) is 5.67. The fourth-order valence-electron chi connectivity index (χ4n) is 3.77. The van der Waals surface area contributed by atoms with E-state index in [-0.39, 0.29) is 11.8 Å². The van der Waals surface area contributed by atoms with Crippen molar-refractivity contribution in [2.75, 3.05) is 7.11 Å². The fourth-order valence-corrected chi connectivity index (χ4v) is 5.35. The van der Waals surface area contributed by atoms with E-state index in [4.69, 9.17) is 32.7 Å². The molecule has 186 valence electrons. The molecule has 4 aromatic rings. The average molecular weight is 542 g/mol. The summed E-state index contributed by atoms with van der Waals surface area (Å²) in [7, 11) is 1.62. The molecule has 0 saturated heterocycles. The summed E-state index contributed by atoms with van der Waals surface area (Å²) in [5.74, 6) is 1.40. The summed E-state index contributed by atoms with van der Waals surface area (Å²) >= 11 is 14.1. The van der Waals surface area contributed by atoms with Crippen molar-refractivity contribution in [3.63, 3.8) is 0 Å². The monoisotopic (exact) mass is 540 g/mol. The van der Waals surface area contributed by atoms with Gasteiger partial charge in [0.1, 0.15) is 23.0 Å². The van der Waals surface area contributed by atoms with E-state index < -0.39 is 0 Å². The number of nitrogens with zero attached hydrogens (tertiary/aromatic N) is 1. The van der Waals surface area contributed by atoms with Gasteiger partial charge in [0.05, 0.1) is 18.3 Å². The van der Waals surface area contributed by atoms with Crippen LogP contribution in [-0.4, -0.2) is 19.2 Å². The molecular weight excluding hydrogens is 515 g/mol. The van der Waals surface area contributed by atoms with Crippen molar-refractivity contribution >= 4 is 56.7 Å². The van der Waals surface area contributed by atoms with Crippen LogP contribution in [0.4, 0.5) is 0 Å². The second-order valence-corrected chi connectivity index (χ2v) is 10.4. The van der Waals surface area contributed by atoms with E-state index in [0.29, 0.717) is 22.3 Å². The zero-order valence-corrected chi connectivity index (χ0v) is 22.7. The summed E-state index contributed by atoms with van der Waals surface area (Å²) in [6, 6.07) is 17.2. The third-order valence-corrected chi connectivity index (χ3v) is 7.80. The lowest BCUT2D eigenvalue weighted by atomic mass is 10.0.